The van der Waals surface area contributed by atoms with Gasteiger partial charge < -0.3 is 19.5 Å². The Labute approximate surface area is 204 Å². The molecule has 2 amide bonds. The van der Waals surface area contributed by atoms with E-state index in [1.807, 2.05) is 30.3 Å². The SMILES string of the molecule is O=C(NCC1COCCN1C(=O)C1(c2ccccc2)CC1)c1ccc(-c2noc(C(F)(F)F)n2)cc1. The van der Waals surface area contributed by atoms with E-state index in [4.69, 9.17) is 4.74 Å². The first-order valence-electron chi connectivity index (χ1n) is 11.5. The summed E-state index contributed by atoms with van der Waals surface area (Å²) in [7, 11) is 0. The summed E-state index contributed by atoms with van der Waals surface area (Å²) in [4.78, 5) is 31.4. The second-order valence-corrected chi connectivity index (χ2v) is 8.88. The van der Waals surface area contributed by atoms with Gasteiger partial charge in [0.2, 0.25) is 11.7 Å². The van der Waals surface area contributed by atoms with Gasteiger partial charge in [0.15, 0.2) is 0 Å². The first-order valence-corrected chi connectivity index (χ1v) is 11.5. The van der Waals surface area contributed by atoms with Gasteiger partial charge in [-0.1, -0.05) is 47.6 Å². The maximum Gasteiger partial charge on any atom is 0.471 e. The van der Waals surface area contributed by atoms with E-state index in [1.54, 1.807) is 4.90 Å². The minimum absolute atomic E-state index is 0.0546. The van der Waals surface area contributed by atoms with Gasteiger partial charge in [-0.05, 0) is 30.5 Å². The Balaban J connectivity index is 1.22. The van der Waals surface area contributed by atoms with Crippen LogP contribution in [0.1, 0.15) is 34.7 Å². The van der Waals surface area contributed by atoms with Crippen molar-refractivity contribution in [2.45, 2.75) is 30.5 Å². The number of ether oxygens (including phenoxy) is 1. The average Bonchev–Trinajstić information content (AvgIpc) is 3.55. The van der Waals surface area contributed by atoms with E-state index in [9.17, 15) is 22.8 Å². The lowest BCUT2D eigenvalue weighted by molar-refractivity contribution is -0.159. The number of hydrogen-bond acceptors (Lipinski definition) is 6. The number of nitrogens with zero attached hydrogens (tertiary/aromatic N) is 3. The van der Waals surface area contributed by atoms with Crippen molar-refractivity contribution >= 4 is 11.8 Å². The fraction of sp³-hybridized carbons (Fsp3) is 0.360. The quantitative estimate of drug-likeness (QED) is 0.557. The van der Waals surface area contributed by atoms with Crippen LogP contribution in [0.15, 0.2) is 59.1 Å². The molecule has 3 aromatic rings. The van der Waals surface area contributed by atoms with Gasteiger partial charge in [0, 0.05) is 24.2 Å². The summed E-state index contributed by atoms with van der Waals surface area (Å²) in [6.07, 6.45) is -3.14. The number of amides is 2. The summed E-state index contributed by atoms with van der Waals surface area (Å²) >= 11 is 0. The number of carbonyl (C=O) groups excluding carboxylic acids is 2. The molecule has 2 aliphatic rings. The van der Waals surface area contributed by atoms with E-state index in [2.05, 4.69) is 20.0 Å². The van der Waals surface area contributed by atoms with Gasteiger partial charge >= 0.3 is 12.1 Å². The molecule has 0 spiro atoms. The normalized spacial score (nSPS) is 19.1. The lowest BCUT2D eigenvalue weighted by atomic mass is 9.93. The van der Waals surface area contributed by atoms with Gasteiger partial charge in [-0.15, -0.1) is 0 Å². The number of hydrogen-bond donors (Lipinski definition) is 1. The minimum atomic E-state index is -4.73. The number of carbonyl (C=O) groups is 2. The molecule has 188 valence electrons. The Morgan fingerprint density at radius 2 is 1.81 bits per heavy atom. The molecule has 0 radical (unpaired) electrons. The Kier molecular flexibility index (Phi) is 6.25. The number of morpholine rings is 1. The second-order valence-electron chi connectivity index (χ2n) is 8.88. The molecule has 2 fully saturated rings. The van der Waals surface area contributed by atoms with Crippen molar-refractivity contribution in [1.29, 1.82) is 0 Å². The van der Waals surface area contributed by atoms with Gasteiger partial charge in [-0.25, -0.2) is 0 Å². The van der Waals surface area contributed by atoms with E-state index >= 15 is 0 Å². The van der Waals surface area contributed by atoms with Gasteiger partial charge in [0.05, 0.1) is 24.7 Å². The number of alkyl halides is 3. The summed E-state index contributed by atoms with van der Waals surface area (Å²) in [5.41, 5.74) is 1.08. The molecule has 36 heavy (non-hydrogen) atoms. The van der Waals surface area contributed by atoms with Crippen molar-refractivity contribution in [1.82, 2.24) is 20.4 Å². The molecule has 1 aliphatic heterocycles. The largest absolute Gasteiger partial charge is 0.471 e. The highest BCUT2D eigenvalue weighted by atomic mass is 19.4. The predicted molar refractivity (Wildman–Crippen MR) is 121 cm³/mol. The van der Waals surface area contributed by atoms with Crippen LogP contribution < -0.4 is 5.32 Å². The van der Waals surface area contributed by atoms with E-state index < -0.39 is 17.5 Å². The number of benzene rings is 2. The second kappa shape index (κ2) is 9.38. The first kappa shape index (κ1) is 24.0. The molecule has 1 N–H and O–H groups in total. The molecule has 1 unspecified atom stereocenters. The third kappa shape index (κ3) is 4.70. The standard InChI is InChI=1S/C25H23F3N4O4/c26-25(27,28)22-30-20(31-36-22)16-6-8-17(9-7-16)21(33)29-14-19-15-35-13-12-32(19)23(34)24(10-11-24)18-4-2-1-3-5-18/h1-9,19H,10-15H2,(H,29,33). The zero-order chi connectivity index (χ0) is 25.3. The number of rotatable bonds is 6. The van der Waals surface area contributed by atoms with Crippen LogP contribution in [-0.4, -0.2) is 59.2 Å². The molecular weight excluding hydrogens is 477 g/mol. The van der Waals surface area contributed by atoms with Crippen LogP contribution in [0.3, 0.4) is 0 Å². The fourth-order valence-electron chi connectivity index (χ4n) is 4.41. The molecular formula is C25H23F3N4O4. The zero-order valence-electron chi connectivity index (χ0n) is 19.1. The summed E-state index contributed by atoms with van der Waals surface area (Å²) in [5.74, 6) is -1.99. The molecule has 1 aliphatic carbocycles. The van der Waals surface area contributed by atoms with Gasteiger partial charge in [-0.2, -0.15) is 18.2 Å². The van der Waals surface area contributed by atoms with Crippen molar-refractivity contribution in [3.63, 3.8) is 0 Å². The topological polar surface area (TPSA) is 97.6 Å². The minimum Gasteiger partial charge on any atom is -0.377 e. The lowest BCUT2D eigenvalue weighted by Crippen LogP contribution is -2.56. The lowest BCUT2D eigenvalue weighted by Gasteiger charge is -2.38. The molecule has 1 atom stereocenters. The average molecular weight is 500 g/mol. The summed E-state index contributed by atoms with van der Waals surface area (Å²) in [6.45, 7) is 1.41. The van der Waals surface area contributed by atoms with Crippen LogP contribution in [0, 0.1) is 0 Å². The Morgan fingerprint density at radius 3 is 2.44 bits per heavy atom. The smallest absolute Gasteiger partial charge is 0.377 e. The van der Waals surface area contributed by atoms with Crippen molar-refractivity contribution in [2.75, 3.05) is 26.3 Å². The summed E-state index contributed by atoms with van der Waals surface area (Å²) in [5, 5.41) is 6.18. The molecule has 11 heteroatoms. The molecule has 2 aromatic carbocycles. The van der Waals surface area contributed by atoms with Crippen LogP contribution in [-0.2, 0) is 21.1 Å². The maximum absolute atomic E-state index is 13.5. The van der Waals surface area contributed by atoms with E-state index in [1.165, 1.54) is 24.3 Å². The van der Waals surface area contributed by atoms with Crippen molar-refractivity contribution in [3.05, 3.63) is 71.6 Å². The fourth-order valence-corrected chi connectivity index (χ4v) is 4.41. The van der Waals surface area contributed by atoms with Crippen molar-refractivity contribution in [2.24, 2.45) is 0 Å². The zero-order valence-corrected chi connectivity index (χ0v) is 19.1. The third-order valence-electron chi connectivity index (χ3n) is 6.55. The molecule has 2 heterocycles. The number of halogens is 3. The molecule has 1 saturated heterocycles. The van der Waals surface area contributed by atoms with E-state index in [0.29, 0.717) is 25.3 Å². The third-order valence-corrected chi connectivity index (χ3v) is 6.55. The highest BCUT2D eigenvalue weighted by molar-refractivity contribution is 5.95. The Morgan fingerprint density at radius 1 is 1.08 bits per heavy atom. The number of aromatic nitrogens is 2. The monoisotopic (exact) mass is 500 g/mol. The van der Waals surface area contributed by atoms with Crippen LogP contribution in [0.2, 0.25) is 0 Å². The summed E-state index contributed by atoms with van der Waals surface area (Å²) in [6, 6.07) is 15.2. The van der Waals surface area contributed by atoms with Gasteiger partial charge in [0.1, 0.15) is 0 Å². The highest BCUT2D eigenvalue weighted by Gasteiger charge is 2.54. The van der Waals surface area contributed by atoms with Crippen LogP contribution >= 0.6 is 0 Å². The molecule has 8 nitrogen and oxygen atoms in total. The molecule has 5 rings (SSSR count). The van der Waals surface area contributed by atoms with Crippen LogP contribution in [0.4, 0.5) is 13.2 Å². The van der Waals surface area contributed by atoms with Crippen molar-refractivity contribution in [3.8, 4) is 11.4 Å². The van der Waals surface area contributed by atoms with Crippen molar-refractivity contribution < 1.29 is 32.0 Å². The highest BCUT2D eigenvalue weighted by Crippen LogP contribution is 2.50. The molecule has 1 aromatic heterocycles. The molecule has 1 saturated carbocycles. The van der Waals surface area contributed by atoms with Gasteiger partial charge in [-0.3, -0.25) is 9.59 Å². The maximum atomic E-state index is 13.5. The Hall–Kier alpha value is -3.73. The van der Waals surface area contributed by atoms with Crippen LogP contribution in [0.25, 0.3) is 11.4 Å². The van der Waals surface area contributed by atoms with Gasteiger partial charge in [0.25, 0.3) is 5.91 Å². The number of nitrogens with one attached hydrogen (secondary N) is 1. The van der Waals surface area contributed by atoms with E-state index in [0.717, 1.165) is 18.4 Å². The first-order chi connectivity index (χ1) is 17.3. The predicted octanol–water partition coefficient (Wildman–Crippen LogP) is 3.44. The summed E-state index contributed by atoms with van der Waals surface area (Å²) < 4.78 is 47.9. The molecule has 0 bridgehead atoms. The van der Waals surface area contributed by atoms with E-state index in [-0.39, 0.29) is 35.8 Å². The Bertz CT molecular complexity index is 1240. The van der Waals surface area contributed by atoms with Crippen LogP contribution in [0.5, 0.6) is 0 Å².